The molecule has 33 heavy (non-hydrogen) atoms. The van der Waals surface area contributed by atoms with E-state index in [0.717, 1.165) is 11.1 Å². The number of carbonyl (C=O) groups is 3. The van der Waals surface area contributed by atoms with Crippen LogP contribution in [0.3, 0.4) is 0 Å². The Morgan fingerprint density at radius 2 is 1.61 bits per heavy atom. The van der Waals surface area contributed by atoms with Gasteiger partial charge in [-0.15, -0.1) is 0 Å². The van der Waals surface area contributed by atoms with Crippen LogP contribution in [0.25, 0.3) is 11.1 Å². The molecule has 2 aromatic rings. The van der Waals surface area contributed by atoms with Crippen molar-refractivity contribution in [3.8, 4) is 11.1 Å². The van der Waals surface area contributed by atoms with Crippen molar-refractivity contribution in [3.63, 3.8) is 0 Å². The maximum atomic E-state index is 12.6. The summed E-state index contributed by atoms with van der Waals surface area (Å²) in [7, 11) is 0. The van der Waals surface area contributed by atoms with Crippen LogP contribution in [0.5, 0.6) is 0 Å². The van der Waals surface area contributed by atoms with E-state index in [1.165, 1.54) is 11.1 Å². The van der Waals surface area contributed by atoms with Crippen LogP contribution in [-0.4, -0.2) is 53.7 Å². The first kappa shape index (κ1) is 22.8. The highest BCUT2D eigenvalue weighted by molar-refractivity contribution is 5.79. The summed E-state index contributed by atoms with van der Waals surface area (Å²) in [4.78, 5) is 37.6. The molecule has 174 valence electrons. The zero-order valence-corrected chi connectivity index (χ0v) is 18.8. The number of carboxylic acids is 1. The number of fused-ring (bicyclic) bond motifs is 3. The first-order chi connectivity index (χ1) is 15.9. The minimum Gasteiger partial charge on any atom is -0.481 e. The molecule has 2 aromatic carbocycles. The minimum atomic E-state index is -0.791. The van der Waals surface area contributed by atoms with Crippen LogP contribution in [0.4, 0.5) is 4.79 Å². The van der Waals surface area contributed by atoms with Gasteiger partial charge in [0, 0.05) is 37.9 Å². The first-order valence-electron chi connectivity index (χ1n) is 11.5. The fraction of sp³-hybridized carbons (Fsp3) is 0.423. The van der Waals surface area contributed by atoms with Crippen molar-refractivity contribution in [1.82, 2.24) is 10.2 Å². The molecule has 4 rings (SSSR count). The number of aliphatic carboxylic acids is 1. The maximum absolute atomic E-state index is 12.6. The van der Waals surface area contributed by atoms with Gasteiger partial charge >= 0.3 is 12.1 Å². The van der Waals surface area contributed by atoms with E-state index < -0.39 is 12.1 Å². The van der Waals surface area contributed by atoms with Crippen molar-refractivity contribution in [2.45, 2.75) is 44.6 Å². The molecule has 7 nitrogen and oxygen atoms in total. The highest BCUT2D eigenvalue weighted by Gasteiger charge is 2.29. The number of ether oxygens (including phenoxy) is 1. The third-order valence-electron chi connectivity index (χ3n) is 6.62. The quantitative estimate of drug-likeness (QED) is 0.664. The van der Waals surface area contributed by atoms with Crippen LogP contribution in [0.1, 0.15) is 49.7 Å². The van der Waals surface area contributed by atoms with Gasteiger partial charge < -0.3 is 20.1 Å². The zero-order valence-electron chi connectivity index (χ0n) is 18.8. The number of alkyl carbamates (subject to hydrolysis) is 1. The van der Waals surface area contributed by atoms with Gasteiger partial charge in [0.15, 0.2) is 0 Å². The number of amides is 2. The number of rotatable bonds is 7. The molecule has 0 spiro atoms. The molecule has 0 bridgehead atoms. The number of likely N-dealkylation sites (tertiary alicyclic amines) is 1. The Kier molecular flexibility index (Phi) is 6.96. The van der Waals surface area contributed by atoms with E-state index in [4.69, 9.17) is 9.84 Å². The van der Waals surface area contributed by atoms with Gasteiger partial charge in [-0.1, -0.05) is 48.5 Å². The number of piperidine rings is 1. The number of carboxylic acid groups (broad SMARTS) is 1. The van der Waals surface area contributed by atoms with Crippen LogP contribution in [0.2, 0.25) is 0 Å². The number of nitrogens with zero attached hydrogens (tertiary/aromatic N) is 1. The highest BCUT2D eigenvalue weighted by Crippen LogP contribution is 2.44. The Labute approximate surface area is 193 Å². The molecule has 1 fully saturated rings. The predicted octanol–water partition coefficient (Wildman–Crippen LogP) is 4.02. The lowest BCUT2D eigenvalue weighted by Crippen LogP contribution is -2.43. The van der Waals surface area contributed by atoms with Gasteiger partial charge in [-0.25, -0.2) is 4.79 Å². The van der Waals surface area contributed by atoms with E-state index in [9.17, 15) is 14.4 Å². The number of carbonyl (C=O) groups excluding carboxylic acids is 2. The van der Waals surface area contributed by atoms with Gasteiger partial charge in [0.1, 0.15) is 6.61 Å². The molecular formula is C26H30N2O5. The lowest BCUT2D eigenvalue weighted by atomic mass is 9.93. The van der Waals surface area contributed by atoms with Crippen LogP contribution in [0.15, 0.2) is 48.5 Å². The van der Waals surface area contributed by atoms with Gasteiger partial charge in [0.25, 0.3) is 0 Å². The van der Waals surface area contributed by atoms with Gasteiger partial charge in [0.2, 0.25) is 5.91 Å². The lowest BCUT2D eigenvalue weighted by Gasteiger charge is -2.32. The Balaban J connectivity index is 1.25. The largest absolute Gasteiger partial charge is 0.481 e. The highest BCUT2D eigenvalue weighted by atomic mass is 16.5. The van der Waals surface area contributed by atoms with Gasteiger partial charge in [-0.3, -0.25) is 9.59 Å². The van der Waals surface area contributed by atoms with E-state index in [0.29, 0.717) is 25.9 Å². The van der Waals surface area contributed by atoms with Gasteiger partial charge in [-0.05, 0) is 47.9 Å². The van der Waals surface area contributed by atoms with Crippen LogP contribution < -0.4 is 5.32 Å². The topological polar surface area (TPSA) is 95.9 Å². The van der Waals surface area contributed by atoms with Crippen molar-refractivity contribution in [3.05, 3.63) is 59.7 Å². The third-order valence-corrected chi connectivity index (χ3v) is 6.62. The summed E-state index contributed by atoms with van der Waals surface area (Å²) in [5.74, 6) is -0.703. The molecule has 1 heterocycles. The van der Waals surface area contributed by atoms with Gasteiger partial charge in [-0.2, -0.15) is 0 Å². The van der Waals surface area contributed by atoms with Crippen LogP contribution in [0, 0.1) is 5.92 Å². The Morgan fingerprint density at radius 3 is 2.18 bits per heavy atom. The van der Waals surface area contributed by atoms with Crippen LogP contribution in [-0.2, 0) is 14.3 Å². The first-order valence-corrected chi connectivity index (χ1v) is 11.5. The fourth-order valence-electron chi connectivity index (χ4n) is 4.92. The summed E-state index contributed by atoms with van der Waals surface area (Å²) >= 11 is 0. The molecule has 2 amide bonds. The molecule has 2 aliphatic rings. The van der Waals surface area contributed by atoms with Crippen LogP contribution >= 0.6 is 0 Å². The second-order valence-corrected chi connectivity index (χ2v) is 9.00. The number of benzene rings is 2. The summed E-state index contributed by atoms with van der Waals surface area (Å²) in [6.07, 6.45) is 1.21. The van der Waals surface area contributed by atoms with Gasteiger partial charge in [0.05, 0.1) is 0 Å². The summed E-state index contributed by atoms with van der Waals surface area (Å²) in [6, 6.07) is 16.0. The smallest absolute Gasteiger partial charge is 0.407 e. The fourth-order valence-corrected chi connectivity index (χ4v) is 4.92. The second kappa shape index (κ2) is 10.1. The molecule has 0 unspecified atom stereocenters. The SMILES string of the molecule is C[C@H](CC(=O)N1CCC(CC(=O)O)CC1)NC(=O)OCC1c2ccccc2-c2ccccc21. The number of hydrogen-bond donors (Lipinski definition) is 2. The summed E-state index contributed by atoms with van der Waals surface area (Å²) in [6.45, 7) is 3.15. The molecular weight excluding hydrogens is 420 g/mol. The van der Waals surface area contributed by atoms with E-state index in [-0.39, 0.29) is 43.2 Å². The van der Waals surface area contributed by atoms with E-state index >= 15 is 0 Å². The molecule has 1 saturated heterocycles. The van der Waals surface area contributed by atoms with Crippen molar-refractivity contribution in [1.29, 1.82) is 0 Å². The lowest BCUT2D eigenvalue weighted by molar-refractivity contribution is -0.138. The number of hydrogen-bond acceptors (Lipinski definition) is 4. The molecule has 1 aliphatic heterocycles. The molecule has 0 radical (unpaired) electrons. The van der Waals surface area contributed by atoms with Crippen molar-refractivity contribution >= 4 is 18.0 Å². The normalized spacial score (nSPS) is 16.6. The second-order valence-electron chi connectivity index (χ2n) is 9.00. The third kappa shape index (κ3) is 5.35. The van der Waals surface area contributed by atoms with E-state index in [1.54, 1.807) is 11.8 Å². The Morgan fingerprint density at radius 1 is 1.03 bits per heavy atom. The summed E-state index contributed by atoms with van der Waals surface area (Å²) in [5.41, 5.74) is 4.66. The standard InChI is InChI=1S/C26H30N2O5/c1-17(14-24(29)28-12-10-18(11-13-28)15-25(30)31)27-26(32)33-16-23-21-8-4-2-6-19(21)20-7-3-5-9-22(20)23/h2-9,17-18,23H,10-16H2,1H3,(H,27,32)(H,30,31)/t17-/m1/s1. The van der Waals surface area contributed by atoms with Crippen molar-refractivity contribution < 1.29 is 24.2 Å². The molecule has 0 saturated carbocycles. The monoisotopic (exact) mass is 450 g/mol. The summed E-state index contributed by atoms with van der Waals surface area (Å²) in [5, 5.41) is 11.7. The van der Waals surface area contributed by atoms with E-state index in [2.05, 4.69) is 29.6 Å². The average Bonchev–Trinajstić information content (AvgIpc) is 3.11. The minimum absolute atomic E-state index is 0.00724. The molecule has 1 aliphatic carbocycles. The molecule has 2 N–H and O–H groups in total. The van der Waals surface area contributed by atoms with Crippen molar-refractivity contribution in [2.24, 2.45) is 5.92 Å². The molecule has 0 aromatic heterocycles. The Bertz CT molecular complexity index is 983. The Hall–Kier alpha value is -3.35. The number of nitrogens with one attached hydrogen (secondary N) is 1. The summed E-state index contributed by atoms with van der Waals surface area (Å²) < 4.78 is 5.56. The average molecular weight is 451 g/mol. The zero-order chi connectivity index (χ0) is 23.4. The molecule has 7 heteroatoms. The molecule has 1 atom stereocenters. The maximum Gasteiger partial charge on any atom is 0.407 e. The predicted molar refractivity (Wildman–Crippen MR) is 124 cm³/mol. The van der Waals surface area contributed by atoms with E-state index in [1.807, 2.05) is 24.3 Å². The van der Waals surface area contributed by atoms with Crippen molar-refractivity contribution in [2.75, 3.05) is 19.7 Å².